The smallest absolute Gasteiger partial charge is 0.257 e. The Hall–Kier alpha value is -2.39. The third kappa shape index (κ3) is 5.16. The van der Waals surface area contributed by atoms with Gasteiger partial charge in [-0.1, -0.05) is 11.6 Å². The number of hydrogen-bond acceptors (Lipinski definition) is 5. The predicted molar refractivity (Wildman–Crippen MR) is 119 cm³/mol. The summed E-state index contributed by atoms with van der Waals surface area (Å²) in [7, 11) is 1.55. The second-order valence-electron chi connectivity index (χ2n) is 5.88. The van der Waals surface area contributed by atoms with E-state index in [1.807, 2.05) is 0 Å². The molecule has 1 amide bonds. The number of amides is 1. The van der Waals surface area contributed by atoms with Crippen LogP contribution in [0.3, 0.4) is 0 Å². The third-order valence-corrected chi connectivity index (χ3v) is 5.10. The fourth-order valence-electron chi connectivity index (χ4n) is 2.54. The van der Waals surface area contributed by atoms with Gasteiger partial charge in [-0.2, -0.15) is 0 Å². The monoisotopic (exact) mass is 494 g/mol. The van der Waals surface area contributed by atoms with Crippen LogP contribution < -0.4 is 15.4 Å². The van der Waals surface area contributed by atoms with Crippen LogP contribution in [0.2, 0.25) is 5.02 Å². The van der Waals surface area contributed by atoms with Crippen LogP contribution in [0.15, 0.2) is 57.4 Å². The van der Waals surface area contributed by atoms with Crippen molar-refractivity contribution in [2.75, 3.05) is 12.4 Å². The van der Waals surface area contributed by atoms with Crippen molar-refractivity contribution >= 4 is 56.5 Å². The minimum atomic E-state index is -0.362. The molecule has 0 bridgehead atoms. The molecule has 0 aliphatic carbocycles. The third-order valence-electron chi connectivity index (χ3n) is 3.95. The van der Waals surface area contributed by atoms with Gasteiger partial charge in [-0.15, -0.1) is 0 Å². The van der Waals surface area contributed by atoms with Crippen LogP contribution in [-0.4, -0.2) is 23.2 Å². The zero-order chi connectivity index (χ0) is 21.0. The van der Waals surface area contributed by atoms with Gasteiger partial charge in [0.2, 0.25) is 0 Å². The van der Waals surface area contributed by atoms with Crippen molar-refractivity contribution in [3.05, 3.63) is 69.3 Å². The number of nitrogens with one attached hydrogen (secondary N) is 2. The largest absolute Gasteiger partial charge is 0.496 e. The van der Waals surface area contributed by atoms with Crippen LogP contribution in [0.1, 0.15) is 16.1 Å². The lowest BCUT2D eigenvalue weighted by molar-refractivity contribution is 0.0977. The lowest BCUT2D eigenvalue weighted by Gasteiger charge is -2.12. The molecule has 0 saturated carbocycles. The summed E-state index contributed by atoms with van der Waals surface area (Å²) < 4.78 is 11.4. The standard InChI is InChI=1S/C20H16BrClN2O4S/c1-27-18-6-2-11(8-15(18)21)19(26)24-20(29)23-12-3-5-16(22)14(9-12)17-7-4-13(10-25)28-17/h2-9,25H,10H2,1H3,(H2,23,24,26,29). The molecule has 0 unspecified atom stereocenters. The molecule has 3 N–H and O–H groups in total. The highest BCUT2D eigenvalue weighted by molar-refractivity contribution is 9.10. The van der Waals surface area contributed by atoms with Crippen molar-refractivity contribution in [2.24, 2.45) is 0 Å². The Morgan fingerprint density at radius 1 is 1.24 bits per heavy atom. The molecule has 9 heteroatoms. The van der Waals surface area contributed by atoms with Crippen LogP contribution in [-0.2, 0) is 6.61 Å². The van der Waals surface area contributed by atoms with Gasteiger partial charge < -0.3 is 19.6 Å². The normalized spacial score (nSPS) is 10.5. The number of halogens is 2. The molecule has 0 fully saturated rings. The van der Waals surface area contributed by atoms with Crippen molar-refractivity contribution in [1.29, 1.82) is 0 Å². The molecule has 0 spiro atoms. The maximum Gasteiger partial charge on any atom is 0.257 e. The Bertz CT molecular complexity index is 1070. The Balaban J connectivity index is 1.71. The summed E-state index contributed by atoms with van der Waals surface area (Å²) in [6, 6.07) is 13.5. The topological polar surface area (TPSA) is 83.7 Å². The number of carbonyl (C=O) groups is 1. The molecule has 1 aromatic heterocycles. The second kappa shape index (κ2) is 9.41. The van der Waals surface area contributed by atoms with Gasteiger partial charge in [-0.3, -0.25) is 10.1 Å². The molecule has 0 saturated heterocycles. The SMILES string of the molecule is COc1ccc(C(=O)NC(=S)Nc2ccc(Cl)c(-c3ccc(CO)o3)c2)cc1Br. The number of thiocarbonyl (C=S) groups is 1. The zero-order valence-corrected chi connectivity index (χ0v) is 18.3. The first-order valence-corrected chi connectivity index (χ1v) is 9.94. The number of ether oxygens (including phenoxy) is 1. The Morgan fingerprint density at radius 2 is 2.03 bits per heavy atom. The number of carbonyl (C=O) groups excluding carboxylic acids is 1. The van der Waals surface area contributed by atoms with E-state index in [0.29, 0.717) is 43.6 Å². The summed E-state index contributed by atoms with van der Waals surface area (Å²) in [5.41, 5.74) is 1.67. The number of methoxy groups -OCH3 is 1. The predicted octanol–water partition coefficient (Wildman–Crippen LogP) is 4.99. The molecule has 150 valence electrons. The number of anilines is 1. The van der Waals surface area contributed by atoms with Gasteiger partial charge >= 0.3 is 0 Å². The molecule has 2 aromatic carbocycles. The minimum Gasteiger partial charge on any atom is -0.496 e. The molecule has 3 rings (SSSR count). The van der Waals surface area contributed by atoms with Crippen LogP contribution >= 0.6 is 39.7 Å². The summed E-state index contributed by atoms with van der Waals surface area (Å²) in [5, 5.41) is 15.3. The van der Waals surface area contributed by atoms with E-state index in [4.69, 9.17) is 38.1 Å². The Morgan fingerprint density at radius 3 is 2.69 bits per heavy atom. The van der Waals surface area contributed by atoms with Gasteiger partial charge in [0, 0.05) is 16.8 Å². The van der Waals surface area contributed by atoms with E-state index >= 15 is 0 Å². The van der Waals surface area contributed by atoms with Gasteiger partial charge in [0.1, 0.15) is 23.9 Å². The number of benzene rings is 2. The molecule has 29 heavy (non-hydrogen) atoms. The van der Waals surface area contributed by atoms with Gasteiger partial charge in [0.25, 0.3) is 5.91 Å². The van der Waals surface area contributed by atoms with Crippen molar-refractivity contribution in [3.8, 4) is 17.1 Å². The summed E-state index contributed by atoms with van der Waals surface area (Å²) in [6.07, 6.45) is 0. The average Bonchev–Trinajstić information content (AvgIpc) is 3.18. The van der Waals surface area contributed by atoms with Crippen LogP contribution in [0.25, 0.3) is 11.3 Å². The molecule has 0 atom stereocenters. The Labute approximate surface area is 185 Å². The number of furan rings is 1. The van der Waals surface area contributed by atoms with Crippen molar-refractivity contribution in [1.82, 2.24) is 5.32 Å². The number of hydrogen-bond donors (Lipinski definition) is 3. The maximum atomic E-state index is 12.4. The van der Waals surface area contributed by atoms with E-state index in [2.05, 4.69) is 26.6 Å². The molecular formula is C20H16BrClN2O4S. The van der Waals surface area contributed by atoms with Crippen LogP contribution in [0, 0.1) is 0 Å². The first kappa shape index (κ1) is 21.3. The quantitative estimate of drug-likeness (QED) is 0.433. The van der Waals surface area contributed by atoms with E-state index in [-0.39, 0.29) is 17.6 Å². The van der Waals surface area contributed by atoms with E-state index in [9.17, 15) is 4.79 Å². The molecule has 0 aliphatic heterocycles. The number of aliphatic hydroxyl groups is 1. The molecule has 0 radical (unpaired) electrons. The van der Waals surface area contributed by atoms with E-state index in [0.717, 1.165) is 0 Å². The fourth-order valence-corrected chi connectivity index (χ4v) is 3.51. The van der Waals surface area contributed by atoms with Crippen molar-refractivity contribution in [3.63, 3.8) is 0 Å². The number of aliphatic hydroxyl groups excluding tert-OH is 1. The van der Waals surface area contributed by atoms with Gasteiger partial charge in [-0.25, -0.2) is 0 Å². The molecule has 3 aromatic rings. The van der Waals surface area contributed by atoms with Crippen molar-refractivity contribution in [2.45, 2.75) is 6.61 Å². The first-order chi connectivity index (χ1) is 13.9. The van der Waals surface area contributed by atoms with Crippen molar-refractivity contribution < 1.29 is 19.1 Å². The summed E-state index contributed by atoms with van der Waals surface area (Å²) in [5.74, 6) is 1.21. The van der Waals surface area contributed by atoms with E-state index in [1.165, 1.54) is 0 Å². The number of rotatable bonds is 5. The molecular weight excluding hydrogens is 480 g/mol. The minimum absolute atomic E-state index is 0.130. The lowest BCUT2D eigenvalue weighted by Crippen LogP contribution is -2.34. The zero-order valence-electron chi connectivity index (χ0n) is 15.2. The van der Waals surface area contributed by atoms with Crippen LogP contribution in [0.5, 0.6) is 5.75 Å². The summed E-state index contributed by atoms with van der Waals surface area (Å²) >= 11 is 14.8. The first-order valence-electron chi connectivity index (χ1n) is 8.36. The maximum absolute atomic E-state index is 12.4. The highest BCUT2D eigenvalue weighted by Crippen LogP contribution is 2.32. The summed E-state index contributed by atoms with van der Waals surface area (Å²) in [4.78, 5) is 12.4. The molecule has 0 aliphatic rings. The van der Waals surface area contributed by atoms with Gasteiger partial charge in [-0.05, 0) is 76.7 Å². The van der Waals surface area contributed by atoms with Gasteiger partial charge in [0.15, 0.2) is 5.11 Å². The summed E-state index contributed by atoms with van der Waals surface area (Å²) in [6.45, 7) is -0.201. The molecule has 1 heterocycles. The van der Waals surface area contributed by atoms with Gasteiger partial charge in [0.05, 0.1) is 16.6 Å². The average molecular weight is 496 g/mol. The van der Waals surface area contributed by atoms with E-state index < -0.39 is 0 Å². The van der Waals surface area contributed by atoms with E-state index in [1.54, 1.807) is 55.6 Å². The lowest BCUT2D eigenvalue weighted by atomic mass is 10.1. The highest BCUT2D eigenvalue weighted by atomic mass is 79.9. The second-order valence-corrected chi connectivity index (χ2v) is 7.55. The Kier molecular flexibility index (Phi) is 6.92. The molecule has 6 nitrogen and oxygen atoms in total. The highest BCUT2D eigenvalue weighted by Gasteiger charge is 2.13. The fraction of sp³-hybridized carbons (Fsp3) is 0.100. The van der Waals surface area contributed by atoms with Crippen LogP contribution in [0.4, 0.5) is 5.69 Å².